The molecule has 0 bridgehead atoms. The number of anilines is 2. The van der Waals surface area contributed by atoms with Crippen molar-refractivity contribution in [1.29, 1.82) is 0 Å². The van der Waals surface area contributed by atoms with E-state index in [4.69, 9.17) is 5.73 Å². The fraction of sp³-hybridized carbons (Fsp3) is 0.0500. The molecule has 3 rings (SSSR count). The van der Waals surface area contributed by atoms with Crippen molar-refractivity contribution in [3.05, 3.63) is 78.2 Å². The van der Waals surface area contributed by atoms with Crippen LogP contribution in [0.4, 0.5) is 16.2 Å². The Balaban J connectivity index is 1.70. The largest absolute Gasteiger partial charge is 0.446 e. The van der Waals surface area contributed by atoms with E-state index in [0.717, 1.165) is 16.0 Å². The Bertz CT molecular complexity index is 938. The van der Waals surface area contributed by atoms with Crippen LogP contribution in [0.25, 0.3) is 10.4 Å². The van der Waals surface area contributed by atoms with Crippen molar-refractivity contribution in [3.63, 3.8) is 0 Å². The van der Waals surface area contributed by atoms with Crippen molar-refractivity contribution in [2.45, 2.75) is 6.54 Å². The van der Waals surface area contributed by atoms with Crippen LogP contribution in [0.3, 0.4) is 0 Å². The fourth-order valence-corrected chi connectivity index (χ4v) is 3.18. The molecule has 1 aromatic heterocycles. The molecule has 2 amide bonds. The number of hydrogen-bond acceptors (Lipinski definition) is 5. The Morgan fingerprint density at radius 1 is 1.11 bits per heavy atom. The van der Waals surface area contributed by atoms with E-state index in [1.54, 1.807) is 41.7 Å². The summed E-state index contributed by atoms with van der Waals surface area (Å²) in [6.07, 6.45) is -0.613. The molecule has 0 unspecified atom stereocenters. The predicted molar refractivity (Wildman–Crippen MR) is 107 cm³/mol. The van der Waals surface area contributed by atoms with Crippen LogP contribution < -0.4 is 16.4 Å². The highest BCUT2D eigenvalue weighted by molar-refractivity contribution is 7.13. The molecular weight excluding hydrogens is 362 g/mol. The molecule has 7 heteroatoms. The van der Waals surface area contributed by atoms with Crippen LogP contribution in [0, 0.1) is 7.11 Å². The molecule has 0 aliphatic carbocycles. The molecule has 0 atom stereocenters. The highest BCUT2D eigenvalue weighted by Crippen LogP contribution is 2.30. The molecule has 1 heterocycles. The lowest BCUT2D eigenvalue weighted by molar-refractivity contribution is 0.102. The Labute approximate surface area is 161 Å². The third-order valence-electron chi connectivity index (χ3n) is 3.89. The number of ether oxygens (including phenoxy) is 1. The van der Waals surface area contributed by atoms with Gasteiger partial charge < -0.3 is 21.1 Å². The molecule has 2 aromatic carbocycles. The summed E-state index contributed by atoms with van der Waals surface area (Å²) < 4.78 is 4.27. The second kappa shape index (κ2) is 8.37. The maximum absolute atomic E-state index is 12.5. The summed E-state index contributed by atoms with van der Waals surface area (Å²) in [6, 6.07) is 16.4. The summed E-state index contributed by atoms with van der Waals surface area (Å²) in [7, 11) is 3.03. The molecule has 0 spiro atoms. The zero-order chi connectivity index (χ0) is 19.2. The molecule has 4 N–H and O–H groups in total. The minimum Gasteiger partial charge on any atom is -0.446 e. The van der Waals surface area contributed by atoms with Gasteiger partial charge >= 0.3 is 6.09 Å². The first-order chi connectivity index (χ1) is 13.1. The van der Waals surface area contributed by atoms with Crippen LogP contribution in [-0.4, -0.2) is 12.0 Å². The number of amides is 2. The quantitative estimate of drug-likeness (QED) is 0.576. The van der Waals surface area contributed by atoms with Gasteiger partial charge in [-0.2, -0.15) is 0 Å². The summed E-state index contributed by atoms with van der Waals surface area (Å²) >= 11 is 1.62. The molecule has 3 aromatic rings. The highest BCUT2D eigenvalue weighted by atomic mass is 32.1. The highest BCUT2D eigenvalue weighted by Gasteiger charge is 2.10. The van der Waals surface area contributed by atoms with E-state index in [2.05, 4.69) is 22.5 Å². The van der Waals surface area contributed by atoms with E-state index in [9.17, 15) is 9.59 Å². The first kappa shape index (κ1) is 18.5. The molecule has 6 nitrogen and oxygen atoms in total. The van der Waals surface area contributed by atoms with Gasteiger partial charge in [0.25, 0.3) is 5.91 Å². The van der Waals surface area contributed by atoms with E-state index in [1.165, 1.54) is 0 Å². The number of nitrogens with two attached hydrogens (primary N) is 1. The second-order valence-corrected chi connectivity index (χ2v) is 6.66. The Kier molecular flexibility index (Phi) is 5.73. The topological polar surface area (TPSA) is 93.4 Å². The van der Waals surface area contributed by atoms with E-state index >= 15 is 0 Å². The molecule has 1 radical (unpaired) electrons. The van der Waals surface area contributed by atoms with Crippen molar-refractivity contribution in [3.8, 4) is 10.4 Å². The van der Waals surface area contributed by atoms with Gasteiger partial charge in [0.1, 0.15) is 7.11 Å². The molecule has 0 saturated carbocycles. The summed E-state index contributed by atoms with van der Waals surface area (Å²) in [5.74, 6) is -0.262. The normalized spacial score (nSPS) is 10.3. The zero-order valence-electron chi connectivity index (χ0n) is 14.4. The lowest BCUT2D eigenvalue weighted by atomic mass is 10.1. The molecule has 0 fully saturated rings. The number of hydrogen-bond donors (Lipinski definition) is 3. The molecule has 0 aliphatic heterocycles. The third-order valence-corrected chi connectivity index (χ3v) is 4.81. The predicted octanol–water partition coefficient (Wildman–Crippen LogP) is 4.27. The summed E-state index contributed by atoms with van der Waals surface area (Å²) in [5, 5.41) is 7.37. The van der Waals surface area contributed by atoms with E-state index in [0.29, 0.717) is 16.9 Å². The van der Waals surface area contributed by atoms with Crippen LogP contribution in [0.2, 0.25) is 0 Å². The second-order valence-electron chi connectivity index (χ2n) is 5.72. The van der Waals surface area contributed by atoms with E-state index < -0.39 is 6.09 Å². The first-order valence-electron chi connectivity index (χ1n) is 8.10. The maximum Gasteiger partial charge on any atom is 0.407 e. The van der Waals surface area contributed by atoms with Gasteiger partial charge in [-0.25, -0.2) is 4.79 Å². The standard InChI is InChI=1S/C20H18N3O3S/c1-26-20(25)22-12-13-4-6-14(7-5-13)19(24)23-17-11-15(8-9-16(17)21)18-3-2-10-27-18/h2-11H,1,12,21H2,(H,22,25)(H,23,24). The molecule has 137 valence electrons. The van der Waals surface area contributed by atoms with Crippen molar-refractivity contribution < 1.29 is 14.3 Å². The zero-order valence-corrected chi connectivity index (χ0v) is 15.2. The third kappa shape index (κ3) is 4.65. The number of thiophene rings is 1. The van der Waals surface area contributed by atoms with Crippen LogP contribution in [-0.2, 0) is 11.3 Å². The van der Waals surface area contributed by atoms with Crippen molar-refractivity contribution in [2.75, 3.05) is 11.1 Å². The summed E-state index contributed by atoms with van der Waals surface area (Å²) in [6.45, 7) is 0.284. The maximum atomic E-state index is 12.5. The van der Waals surface area contributed by atoms with Gasteiger partial charge in [0.15, 0.2) is 0 Å². The fourth-order valence-electron chi connectivity index (χ4n) is 2.45. The van der Waals surface area contributed by atoms with Crippen LogP contribution in [0.15, 0.2) is 60.0 Å². The van der Waals surface area contributed by atoms with E-state index in [-0.39, 0.29) is 12.5 Å². The van der Waals surface area contributed by atoms with Gasteiger partial charge in [-0.15, -0.1) is 11.3 Å². The van der Waals surface area contributed by atoms with Crippen molar-refractivity contribution in [1.82, 2.24) is 5.32 Å². The Morgan fingerprint density at radius 2 is 1.89 bits per heavy atom. The molecule has 27 heavy (non-hydrogen) atoms. The number of benzene rings is 2. The number of rotatable bonds is 5. The number of carbonyl (C=O) groups is 2. The number of alkyl carbamates (subject to hydrolysis) is 1. The lowest BCUT2D eigenvalue weighted by Gasteiger charge is -2.10. The number of nitrogens with one attached hydrogen (secondary N) is 2. The first-order valence-corrected chi connectivity index (χ1v) is 8.98. The van der Waals surface area contributed by atoms with Crippen LogP contribution >= 0.6 is 11.3 Å². The average Bonchev–Trinajstić information content (AvgIpc) is 3.23. The number of carbonyl (C=O) groups excluding carboxylic acids is 2. The van der Waals surface area contributed by atoms with Gasteiger partial charge in [-0.05, 0) is 46.8 Å². The smallest absolute Gasteiger partial charge is 0.407 e. The van der Waals surface area contributed by atoms with Crippen molar-refractivity contribution in [2.24, 2.45) is 0 Å². The average molecular weight is 380 g/mol. The van der Waals surface area contributed by atoms with E-state index in [1.807, 2.05) is 29.6 Å². The van der Waals surface area contributed by atoms with Gasteiger partial charge in [-0.1, -0.05) is 24.3 Å². The van der Waals surface area contributed by atoms with Crippen molar-refractivity contribution >= 4 is 34.7 Å². The Morgan fingerprint density at radius 3 is 2.56 bits per heavy atom. The lowest BCUT2D eigenvalue weighted by Crippen LogP contribution is -2.21. The molecular formula is C20H18N3O3S. The molecule has 0 saturated heterocycles. The van der Waals surface area contributed by atoms with Gasteiger partial charge in [0, 0.05) is 17.0 Å². The summed E-state index contributed by atoms with van der Waals surface area (Å²) in [5.41, 5.74) is 9.38. The number of nitrogen functional groups attached to an aromatic ring is 1. The summed E-state index contributed by atoms with van der Waals surface area (Å²) in [4.78, 5) is 24.7. The van der Waals surface area contributed by atoms with Gasteiger partial charge in [0.2, 0.25) is 0 Å². The van der Waals surface area contributed by atoms with Gasteiger partial charge in [-0.3, -0.25) is 4.79 Å². The monoisotopic (exact) mass is 380 g/mol. The van der Waals surface area contributed by atoms with Crippen LogP contribution in [0.5, 0.6) is 0 Å². The minimum absolute atomic E-state index is 0.262. The Hall–Kier alpha value is -3.32. The molecule has 0 aliphatic rings. The van der Waals surface area contributed by atoms with Gasteiger partial charge in [0.05, 0.1) is 11.4 Å². The minimum atomic E-state index is -0.613. The SMILES string of the molecule is [CH2]OC(=O)NCc1ccc(C(=O)Nc2cc(-c3cccs3)ccc2N)cc1. The van der Waals surface area contributed by atoms with Crippen LogP contribution in [0.1, 0.15) is 15.9 Å².